The number of hydrogen-bond acceptors (Lipinski definition) is 3. The van der Waals surface area contributed by atoms with Crippen LogP contribution in [-0.2, 0) is 9.53 Å². The van der Waals surface area contributed by atoms with Crippen LogP contribution in [0.2, 0.25) is 5.02 Å². The average Bonchev–Trinajstić information content (AvgIpc) is 2.76. The Labute approximate surface area is 190 Å². The van der Waals surface area contributed by atoms with Gasteiger partial charge in [-0.3, -0.25) is 9.69 Å². The van der Waals surface area contributed by atoms with E-state index in [2.05, 4.69) is 20.8 Å². The first-order valence-electron chi connectivity index (χ1n) is 11.3. The first-order valence-corrected chi connectivity index (χ1v) is 11.6. The summed E-state index contributed by atoms with van der Waals surface area (Å²) in [6, 6.07) is 15.2. The maximum absolute atomic E-state index is 13.3. The van der Waals surface area contributed by atoms with Gasteiger partial charge in [0.1, 0.15) is 5.75 Å². The molecule has 2 aromatic rings. The first-order chi connectivity index (χ1) is 14.9. The van der Waals surface area contributed by atoms with Crippen LogP contribution in [0, 0.1) is 17.8 Å². The average molecular weight is 442 g/mol. The van der Waals surface area contributed by atoms with Gasteiger partial charge in [-0.25, -0.2) is 0 Å². The Morgan fingerprint density at radius 2 is 1.71 bits per heavy atom. The molecule has 0 bridgehead atoms. The van der Waals surface area contributed by atoms with Gasteiger partial charge < -0.3 is 9.47 Å². The van der Waals surface area contributed by atoms with Gasteiger partial charge in [0.05, 0.1) is 19.3 Å². The minimum Gasteiger partial charge on any atom is -0.497 e. The van der Waals surface area contributed by atoms with E-state index >= 15 is 0 Å². The molecule has 2 aliphatic rings. The summed E-state index contributed by atoms with van der Waals surface area (Å²) in [5, 5.41) is 0.684. The zero-order valence-electron chi connectivity index (χ0n) is 18.8. The highest BCUT2D eigenvalue weighted by molar-refractivity contribution is 6.30. The molecule has 0 aromatic heterocycles. The minimum absolute atomic E-state index is 0.0193. The number of ether oxygens (including phenoxy) is 2. The Kier molecular flexibility index (Phi) is 6.59. The van der Waals surface area contributed by atoms with Crippen molar-refractivity contribution in [1.82, 2.24) is 0 Å². The zero-order chi connectivity index (χ0) is 22.1. The highest BCUT2D eigenvalue weighted by Gasteiger charge is 2.51. The quantitative estimate of drug-likeness (QED) is 0.495. The lowest BCUT2D eigenvalue weighted by Crippen LogP contribution is -2.61. The highest BCUT2D eigenvalue weighted by Crippen LogP contribution is 2.44. The number of halogens is 1. The molecule has 2 fully saturated rings. The first kappa shape index (κ1) is 22.2. The number of β-lactam (4-membered cyclic amide) rings is 1. The molecule has 5 heteroatoms. The molecule has 5 atom stereocenters. The largest absolute Gasteiger partial charge is 0.497 e. The van der Waals surface area contributed by atoms with E-state index in [9.17, 15) is 4.79 Å². The number of carbonyl (C=O) groups excluding carboxylic acids is 1. The third-order valence-electron chi connectivity index (χ3n) is 6.89. The lowest BCUT2D eigenvalue weighted by Gasteiger charge is -2.50. The van der Waals surface area contributed by atoms with E-state index in [0.29, 0.717) is 22.8 Å². The van der Waals surface area contributed by atoms with Crippen molar-refractivity contribution in [3.63, 3.8) is 0 Å². The molecule has 1 aliphatic carbocycles. The number of nitrogens with zero attached hydrogens (tertiary/aromatic N) is 1. The fourth-order valence-electron chi connectivity index (χ4n) is 5.07. The van der Waals surface area contributed by atoms with Crippen molar-refractivity contribution in [3.8, 4) is 5.75 Å². The van der Waals surface area contributed by atoms with Crippen molar-refractivity contribution in [2.45, 2.75) is 58.3 Å². The summed E-state index contributed by atoms with van der Waals surface area (Å²) >= 11 is 6.13. The normalized spacial score (nSPS) is 28.5. The van der Waals surface area contributed by atoms with Crippen molar-refractivity contribution in [2.75, 3.05) is 12.0 Å². The SMILES string of the molecule is COc1ccc(N2C(=O)[C@@H](OC3C[C@H](C)CC[C@H]3C(C)C)[C@H]2c2ccc(Cl)cc2)cc1. The van der Waals surface area contributed by atoms with Crippen LogP contribution < -0.4 is 9.64 Å². The number of rotatable bonds is 6. The topological polar surface area (TPSA) is 38.8 Å². The van der Waals surface area contributed by atoms with Crippen LogP contribution in [0.15, 0.2) is 48.5 Å². The molecule has 1 unspecified atom stereocenters. The zero-order valence-corrected chi connectivity index (χ0v) is 19.5. The van der Waals surface area contributed by atoms with E-state index in [1.165, 1.54) is 6.42 Å². The van der Waals surface area contributed by atoms with Gasteiger partial charge in [0.2, 0.25) is 0 Å². The second kappa shape index (κ2) is 9.22. The predicted octanol–water partition coefficient (Wildman–Crippen LogP) is 6.28. The lowest BCUT2D eigenvalue weighted by molar-refractivity contribution is -0.157. The molecule has 1 amide bonds. The van der Waals surface area contributed by atoms with Gasteiger partial charge in [-0.05, 0) is 72.6 Å². The van der Waals surface area contributed by atoms with Crippen LogP contribution in [0.1, 0.15) is 51.6 Å². The van der Waals surface area contributed by atoms with E-state index in [1.807, 2.05) is 53.4 Å². The van der Waals surface area contributed by atoms with Crippen molar-refractivity contribution >= 4 is 23.2 Å². The second-order valence-electron chi connectivity index (χ2n) is 9.32. The van der Waals surface area contributed by atoms with E-state index in [4.69, 9.17) is 21.1 Å². The van der Waals surface area contributed by atoms with Gasteiger partial charge in [-0.2, -0.15) is 0 Å². The Morgan fingerprint density at radius 1 is 1.03 bits per heavy atom. The standard InChI is InChI=1S/C26H32ClNO3/c1-16(2)22-14-5-17(3)15-23(22)31-25-24(18-6-8-19(27)9-7-18)28(26(25)29)20-10-12-21(30-4)13-11-20/h6-13,16-17,22-25H,5,14-15H2,1-4H3/t17-,22+,23?,24-,25+/m1/s1. The summed E-state index contributed by atoms with van der Waals surface area (Å²) in [5.74, 6) is 2.44. The number of anilines is 1. The molecule has 1 heterocycles. The third kappa shape index (κ3) is 4.47. The molecule has 1 saturated carbocycles. The minimum atomic E-state index is -0.472. The Balaban J connectivity index is 1.62. The van der Waals surface area contributed by atoms with Gasteiger partial charge in [0, 0.05) is 10.7 Å². The van der Waals surface area contributed by atoms with Crippen LogP contribution in [0.3, 0.4) is 0 Å². The summed E-state index contributed by atoms with van der Waals surface area (Å²) in [4.78, 5) is 15.2. The van der Waals surface area contributed by atoms with Gasteiger partial charge in [0.25, 0.3) is 5.91 Å². The lowest BCUT2D eigenvalue weighted by atomic mass is 9.75. The summed E-state index contributed by atoms with van der Waals surface area (Å²) < 4.78 is 11.9. The van der Waals surface area contributed by atoms with Crippen molar-refractivity contribution in [2.24, 2.45) is 17.8 Å². The van der Waals surface area contributed by atoms with Crippen molar-refractivity contribution in [1.29, 1.82) is 0 Å². The van der Waals surface area contributed by atoms with Gasteiger partial charge >= 0.3 is 0 Å². The van der Waals surface area contributed by atoms with E-state index in [0.717, 1.165) is 29.8 Å². The molecule has 166 valence electrons. The molecule has 0 N–H and O–H groups in total. The summed E-state index contributed by atoms with van der Waals surface area (Å²) in [7, 11) is 1.64. The monoisotopic (exact) mass is 441 g/mol. The fraction of sp³-hybridized carbons (Fsp3) is 0.500. The molecule has 0 radical (unpaired) electrons. The Morgan fingerprint density at radius 3 is 2.32 bits per heavy atom. The summed E-state index contributed by atoms with van der Waals surface area (Å²) in [5.41, 5.74) is 1.89. The van der Waals surface area contributed by atoms with Crippen LogP contribution in [-0.4, -0.2) is 25.2 Å². The predicted molar refractivity (Wildman–Crippen MR) is 125 cm³/mol. The molecule has 4 rings (SSSR count). The van der Waals surface area contributed by atoms with E-state index in [1.54, 1.807) is 7.11 Å². The molecule has 1 saturated heterocycles. The number of benzene rings is 2. The second-order valence-corrected chi connectivity index (χ2v) is 9.76. The van der Waals surface area contributed by atoms with Gasteiger partial charge in [0.15, 0.2) is 6.10 Å². The number of carbonyl (C=O) groups is 1. The van der Waals surface area contributed by atoms with Crippen LogP contribution in [0.25, 0.3) is 0 Å². The number of hydrogen-bond donors (Lipinski definition) is 0. The van der Waals surface area contributed by atoms with E-state index < -0.39 is 6.10 Å². The smallest absolute Gasteiger partial charge is 0.259 e. The number of amides is 1. The Hall–Kier alpha value is -2.04. The molecule has 2 aromatic carbocycles. The summed E-state index contributed by atoms with van der Waals surface area (Å²) in [6.07, 6.45) is 3.06. The number of methoxy groups -OCH3 is 1. The van der Waals surface area contributed by atoms with Crippen molar-refractivity contribution in [3.05, 3.63) is 59.1 Å². The summed E-state index contributed by atoms with van der Waals surface area (Å²) in [6.45, 7) is 6.82. The molecule has 31 heavy (non-hydrogen) atoms. The highest BCUT2D eigenvalue weighted by atomic mass is 35.5. The molecule has 1 aliphatic heterocycles. The van der Waals surface area contributed by atoms with Gasteiger partial charge in [-0.15, -0.1) is 0 Å². The molecule has 0 spiro atoms. The Bertz CT molecular complexity index is 896. The van der Waals surface area contributed by atoms with Crippen LogP contribution in [0.5, 0.6) is 5.75 Å². The van der Waals surface area contributed by atoms with Gasteiger partial charge in [-0.1, -0.05) is 50.9 Å². The molecular formula is C26H32ClNO3. The van der Waals surface area contributed by atoms with E-state index in [-0.39, 0.29) is 18.1 Å². The van der Waals surface area contributed by atoms with Crippen molar-refractivity contribution < 1.29 is 14.3 Å². The van der Waals surface area contributed by atoms with Crippen LogP contribution >= 0.6 is 11.6 Å². The molecular weight excluding hydrogens is 410 g/mol. The maximum Gasteiger partial charge on any atom is 0.259 e. The third-order valence-corrected chi connectivity index (χ3v) is 7.14. The molecule has 4 nitrogen and oxygen atoms in total. The maximum atomic E-state index is 13.3. The van der Waals surface area contributed by atoms with Crippen LogP contribution in [0.4, 0.5) is 5.69 Å². The fourth-order valence-corrected chi connectivity index (χ4v) is 5.20.